The minimum Gasteiger partial charge on any atom is -0.263 e. The van der Waals surface area contributed by atoms with Crippen molar-refractivity contribution in [2.75, 3.05) is 7.05 Å². The number of rotatable bonds is 3. The van der Waals surface area contributed by atoms with Gasteiger partial charge in [0.15, 0.2) is 0 Å². The smallest absolute Gasteiger partial charge is 0.127 e. The van der Waals surface area contributed by atoms with Gasteiger partial charge in [-0.3, -0.25) is 4.72 Å². The monoisotopic (exact) mass is 229 g/mol. The van der Waals surface area contributed by atoms with E-state index in [-0.39, 0.29) is 5.82 Å². The Morgan fingerprint density at radius 2 is 1.87 bits per heavy atom. The van der Waals surface area contributed by atoms with Crippen LogP contribution in [0.4, 0.5) is 4.39 Å². The van der Waals surface area contributed by atoms with Crippen LogP contribution in [0.3, 0.4) is 0 Å². The minimum atomic E-state index is -0.113. The maximum Gasteiger partial charge on any atom is 0.127 e. The standard InChI is InChI=1S/C9H12FNS.C3H8/c1-3-7-4-5-8(12-11-2)6-9(7)10;1-3-2/h4-6,11H,3H2,1-2H3;3H2,1-2H3. The van der Waals surface area contributed by atoms with Crippen molar-refractivity contribution >= 4 is 11.9 Å². The lowest BCUT2D eigenvalue weighted by Gasteiger charge is -2.02. The van der Waals surface area contributed by atoms with Crippen LogP contribution >= 0.6 is 11.9 Å². The zero-order valence-corrected chi connectivity index (χ0v) is 10.7. The first-order valence-corrected chi connectivity index (χ1v) is 6.13. The molecule has 86 valence electrons. The quantitative estimate of drug-likeness (QED) is 0.785. The van der Waals surface area contributed by atoms with Crippen LogP contribution in [-0.4, -0.2) is 7.05 Å². The van der Waals surface area contributed by atoms with Gasteiger partial charge in [-0.15, -0.1) is 0 Å². The molecule has 0 unspecified atom stereocenters. The van der Waals surface area contributed by atoms with E-state index in [1.54, 1.807) is 6.07 Å². The van der Waals surface area contributed by atoms with Gasteiger partial charge in [0, 0.05) is 4.90 Å². The molecular formula is C12H20FNS. The predicted molar refractivity (Wildman–Crippen MR) is 66.7 cm³/mol. The molecule has 0 fully saturated rings. The van der Waals surface area contributed by atoms with E-state index in [4.69, 9.17) is 0 Å². The minimum absolute atomic E-state index is 0.113. The highest BCUT2D eigenvalue weighted by molar-refractivity contribution is 7.97. The molecule has 3 heteroatoms. The maximum atomic E-state index is 13.1. The molecule has 0 aliphatic carbocycles. The third kappa shape index (κ3) is 5.80. The van der Waals surface area contributed by atoms with Crippen LogP contribution in [-0.2, 0) is 6.42 Å². The third-order valence-corrected chi connectivity index (χ3v) is 2.32. The van der Waals surface area contributed by atoms with Crippen LogP contribution in [0.5, 0.6) is 0 Å². The Morgan fingerprint density at radius 3 is 2.27 bits per heavy atom. The Morgan fingerprint density at radius 1 is 1.27 bits per heavy atom. The number of hydrogen-bond acceptors (Lipinski definition) is 2. The van der Waals surface area contributed by atoms with Crippen molar-refractivity contribution in [1.82, 2.24) is 4.72 Å². The van der Waals surface area contributed by atoms with E-state index in [1.165, 1.54) is 18.4 Å². The summed E-state index contributed by atoms with van der Waals surface area (Å²) in [5.41, 5.74) is 0.774. The van der Waals surface area contributed by atoms with Gasteiger partial charge in [0.1, 0.15) is 5.82 Å². The molecule has 0 aromatic heterocycles. The Balaban J connectivity index is 0.000000583. The van der Waals surface area contributed by atoms with Crippen molar-refractivity contribution in [3.8, 4) is 0 Å². The molecule has 15 heavy (non-hydrogen) atoms. The summed E-state index contributed by atoms with van der Waals surface area (Å²) in [6.07, 6.45) is 2.00. The summed E-state index contributed by atoms with van der Waals surface area (Å²) in [5, 5.41) is 0. The molecule has 0 atom stereocenters. The van der Waals surface area contributed by atoms with Crippen LogP contribution in [0.25, 0.3) is 0 Å². The Bertz CT molecular complexity index is 276. The van der Waals surface area contributed by atoms with E-state index < -0.39 is 0 Å². The second-order valence-electron chi connectivity index (χ2n) is 3.12. The highest BCUT2D eigenvalue weighted by atomic mass is 32.2. The van der Waals surface area contributed by atoms with Crippen molar-refractivity contribution in [2.45, 2.75) is 38.5 Å². The number of hydrogen-bond donors (Lipinski definition) is 1. The van der Waals surface area contributed by atoms with Crippen LogP contribution in [0.1, 0.15) is 32.8 Å². The number of aryl methyl sites for hydroxylation is 1. The topological polar surface area (TPSA) is 12.0 Å². The van der Waals surface area contributed by atoms with E-state index in [0.717, 1.165) is 16.9 Å². The maximum absolute atomic E-state index is 13.1. The highest BCUT2D eigenvalue weighted by Crippen LogP contribution is 2.18. The lowest BCUT2D eigenvalue weighted by molar-refractivity contribution is 0.608. The summed E-state index contributed by atoms with van der Waals surface area (Å²) in [6, 6.07) is 5.30. The second kappa shape index (κ2) is 8.74. The zero-order valence-electron chi connectivity index (χ0n) is 9.93. The first kappa shape index (κ1) is 14.5. The van der Waals surface area contributed by atoms with E-state index in [2.05, 4.69) is 18.6 Å². The van der Waals surface area contributed by atoms with Gasteiger partial charge in [-0.25, -0.2) is 4.39 Å². The molecule has 1 aromatic rings. The molecule has 1 nitrogen and oxygen atoms in total. The number of benzene rings is 1. The Hall–Kier alpha value is -0.540. The van der Waals surface area contributed by atoms with E-state index in [9.17, 15) is 4.39 Å². The van der Waals surface area contributed by atoms with Gasteiger partial charge < -0.3 is 0 Å². The average Bonchev–Trinajstić information content (AvgIpc) is 2.20. The molecule has 0 spiro atoms. The predicted octanol–water partition coefficient (Wildman–Crippen LogP) is 4.03. The van der Waals surface area contributed by atoms with E-state index in [0.29, 0.717) is 0 Å². The first-order chi connectivity index (χ1) is 7.19. The third-order valence-electron chi connectivity index (χ3n) is 1.63. The average molecular weight is 229 g/mol. The molecular weight excluding hydrogens is 209 g/mol. The van der Waals surface area contributed by atoms with E-state index in [1.807, 2.05) is 26.1 Å². The van der Waals surface area contributed by atoms with Gasteiger partial charge in [0.25, 0.3) is 0 Å². The molecule has 1 rings (SSSR count). The van der Waals surface area contributed by atoms with Gasteiger partial charge in [0.05, 0.1) is 0 Å². The van der Waals surface area contributed by atoms with Gasteiger partial charge in [-0.05, 0) is 43.1 Å². The van der Waals surface area contributed by atoms with Crippen molar-refractivity contribution < 1.29 is 4.39 Å². The molecule has 0 radical (unpaired) electrons. The molecule has 0 saturated heterocycles. The van der Waals surface area contributed by atoms with Gasteiger partial charge in [-0.1, -0.05) is 33.3 Å². The molecule has 0 heterocycles. The van der Waals surface area contributed by atoms with Crippen molar-refractivity contribution in [3.63, 3.8) is 0 Å². The molecule has 1 aromatic carbocycles. The fourth-order valence-corrected chi connectivity index (χ4v) is 1.53. The fourth-order valence-electron chi connectivity index (χ4n) is 0.996. The Kier molecular flexibility index (Phi) is 8.43. The van der Waals surface area contributed by atoms with Crippen molar-refractivity contribution in [2.24, 2.45) is 0 Å². The largest absolute Gasteiger partial charge is 0.263 e. The lowest BCUT2D eigenvalue weighted by atomic mass is 10.2. The summed E-state index contributed by atoms with van der Waals surface area (Å²) in [5.74, 6) is -0.113. The number of halogens is 1. The fraction of sp³-hybridized carbons (Fsp3) is 0.500. The van der Waals surface area contributed by atoms with Crippen molar-refractivity contribution in [1.29, 1.82) is 0 Å². The normalized spacial score (nSPS) is 9.40. The summed E-state index contributed by atoms with van der Waals surface area (Å²) in [4.78, 5) is 0.909. The van der Waals surface area contributed by atoms with Crippen LogP contribution in [0, 0.1) is 5.82 Å². The van der Waals surface area contributed by atoms with E-state index >= 15 is 0 Å². The molecule has 0 bridgehead atoms. The second-order valence-corrected chi connectivity index (χ2v) is 4.20. The molecule has 0 aliphatic heterocycles. The van der Waals surface area contributed by atoms with Gasteiger partial charge >= 0.3 is 0 Å². The van der Waals surface area contributed by atoms with Crippen LogP contribution < -0.4 is 4.72 Å². The molecule has 1 N–H and O–H groups in total. The summed E-state index contributed by atoms with van der Waals surface area (Å²) in [7, 11) is 1.82. The number of nitrogens with one attached hydrogen (secondary N) is 1. The SMILES string of the molecule is CCC.CCc1ccc(SNC)cc1F. The summed E-state index contributed by atoms with van der Waals surface area (Å²) < 4.78 is 16.0. The molecule has 0 saturated carbocycles. The lowest BCUT2D eigenvalue weighted by Crippen LogP contribution is -1.93. The molecule has 0 amide bonds. The Labute approximate surface area is 96.6 Å². The molecule has 0 aliphatic rings. The van der Waals surface area contributed by atoms with Crippen LogP contribution in [0.2, 0.25) is 0 Å². The van der Waals surface area contributed by atoms with Crippen LogP contribution in [0.15, 0.2) is 23.1 Å². The van der Waals surface area contributed by atoms with Crippen molar-refractivity contribution in [3.05, 3.63) is 29.6 Å². The zero-order chi connectivity index (χ0) is 11.7. The first-order valence-electron chi connectivity index (χ1n) is 5.31. The van der Waals surface area contributed by atoms with Gasteiger partial charge in [-0.2, -0.15) is 0 Å². The summed E-state index contributed by atoms with van der Waals surface area (Å²) >= 11 is 1.42. The van der Waals surface area contributed by atoms with Gasteiger partial charge in [0.2, 0.25) is 0 Å². The highest BCUT2D eigenvalue weighted by Gasteiger charge is 2.00. The summed E-state index contributed by atoms with van der Waals surface area (Å²) in [6.45, 7) is 6.20.